The molecule has 0 bridgehead atoms. The first-order valence-corrected chi connectivity index (χ1v) is 11.4. The second-order valence-electron chi connectivity index (χ2n) is 8.85. The van der Waals surface area contributed by atoms with E-state index in [4.69, 9.17) is 4.74 Å². The van der Waals surface area contributed by atoms with Gasteiger partial charge >= 0.3 is 18.1 Å². The maximum absolute atomic E-state index is 14.9. The molecule has 1 N–H and O–H groups in total. The van der Waals surface area contributed by atoms with Crippen molar-refractivity contribution >= 4 is 28.9 Å². The van der Waals surface area contributed by atoms with Crippen LogP contribution in [0.2, 0.25) is 0 Å². The number of aliphatic hydroxyl groups is 1. The highest BCUT2D eigenvalue weighted by atomic mass is 19.4. The molecule has 1 aliphatic carbocycles. The van der Waals surface area contributed by atoms with E-state index in [9.17, 15) is 41.4 Å². The zero-order valence-electron chi connectivity index (χ0n) is 19.1. The highest BCUT2D eigenvalue weighted by molar-refractivity contribution is 5.96. The monoisotopic (exact) mass is 514 g/mol. The lowest BCUT2D eigenvalue weighted by Crippen LogP contribution is -2.44. The highest BCUT2D eigenvalue weighted by Gasteiger charge is 2.47. The van der Waals surface area contributed by atoms with Crippen LogP contribution in [0.15, 0.2) is 23.1 Å². The summed E-state index contributed by atoms with van der Waals surface area (Å²) in [6.45, 7) is 1.07. The van der Waals surface area contributed by atoms with Crippen LogP contribution in [0.3, 0.4) is 0 Å². The van der Waals surface area contributed by atoms with Crippen molar-refractivity contribution in [3.05, 3.63) is 51.3 Å². The molecule has 0 radical (unpaired) electrons. The molecule has 36 heavy (non-hydrogen) atoms. The summed E-state index contributed by atoms with van der Waals surface area (Å²) in [6.07, 6.45) is -1.53. The summed E-state index contributed by atoms with van der Waals surface area (Å²) >= 11 is 0. The number of amides is 1. The number of carbonyl (C=O) groups excluding carboxylic acids is 2. The topological polar surface area (TPSA) is 88.8 Å². The molecule has 1 saturated heterocycles. The zero-order valence-corrected chi connectivity index (χ0v) is 19.1. The van der Waals surface area contributed by atoms with Gasteiger partial charge < -0.3 is 19.3 Å². The number of aromatic nitrogens is 1. The second kappa shape index (κ2) is 9.64. The summed E-state index contributed by atoms with van der Waals surface area (Å²) in [5.74, 6) is -5.59. The standard InChI is InChI=1S/C24H23F5N2O5/c1-2-36-22(34)17-11-30(12-6-7-12)20-15(19(26)18(25)9-16(20)21(17)33)5-3-4-13-8-14(32)10-31(13)23(35)24(27,28)29/h3,5,9,11-14,32H,2,4,6-8,10H2,1H3/b5-3-/t13?,14-/m1/s1. The Morgan fingerprint density at radius 1 is 1.25 bits per heavy atom. The number of ether oxygens (including phenoxy) is 1. The van der Waals surface area contributed by atoms with Crippen LogP contribution in [0.1, 0.15) is 54.6 Å². The first kappa shape index (κ1) is 25.8. The number of fused-ring (bicyclic) bond motifs is 1. The summed E-state index contributed by atoms with van der Waals surface area (Å²) in [4.78, 5) is 37.5. The lowest BCUT2D eigenvalue weighted by molar-refractivity contribution is -0.186. The van der Waals surface area contributed by atoms with Gasteiger partial charge in [-0.15, -0.1) is 0 Å². The van der Waals surface area contributed by atoms with Gasteiger partial charge in [-0.1, -0.05) is 12.2 Å². The van der Waals surface area contributed by atoms with E-state index in [1.165, 1.54) is 16.8 Å². The molecule has 4 rings (SSSR count). The smallest absolute Gasteiger partial charge is 0.462 e. The number of alkyl halides is 3. The number of aliphatic hydroxyl groups excluding tert-OH is 1. The number of esters is 1. The van der Waals surface area contributed by atoms with E-state index in [2.05, 4.69) is 0 Å². The van der Waals surface area contributed by atoms with Crippen LogP contribution < -0.4 is 5.43 Å². The number of halogens is 5. The minimum Gasteiger partial charge on any atom is -0.462 e. The average Bonchev–Trinajstić information content (AvgIpc) is 3.58. The minimum atomic E-state index is -5.12. The zero-order chi connectivity index (χ0) is 26.4. The van der Waals surface area contributed by atoms with Gasteiger partial charge in [-0.25, -0.2) is 13.6 Å². The third-order valence-corrected chi connectivity index (χ3v) is 6.27. The fourth-order valence-electron chi connectivity index (χ4n) is 4.51. The molecule has 1 aromatic heterocycles. The molecule has 7 nitrogen and oxygen atoms in total. The summed E-state index contributed by atoms with van der Waals surface area (Å²) in [5.41, 5.74) is -1.43. The van der Waals surface area contributed by atoms with Crippen molar-refractivity contribution in [2.45, 2.75) is 57.0 Å². The summed E-state index contributed by atoms with van der Waals surface area (Å²) in [6, 6.07) is -0.458. The lowest BCUT2D eigenvalue weighted by atomic mass is 10.0. The Labute approximate surface area is 201 Å². The summed E-state index contributed by atoms with van der Waals surface area (Å²) < 4.78 is 74.6. The van der Waals surface area contributed by atoms with Crippen LogP contribution >= 0.6 is 0 Å². The predicted molar refractivity (Wildman–Crippen MR) is 118 cm³/mol. The molecule has 1 unspecified atom stereocenters. The number of hydrogen-bond donors (Lipinski definition) is 1. The molecule has 1 amide bonds. The molecule has 194 valence electrons. The Morgan fingerprint density at radius 2 is 1.94 bits per heavy atom. The molecule has 2 heterocycles. The number of nitrogens with zero attached hydrogens (tertiary/aromatic N) is 2. The van der Waals surface area contributed by atoms with Crippen molar-refractivity contribution in [2.24, 2.45) is 0 Å². The minimum absolute atomic E-state index is 0.00916. The van der Waals surface area contributed by atoms with E-state index in [0.717, 1.165) is 6.08 Å². The van der Waals surface area contributed by atoms with Gasteiger partial charge in [0.2, 0.25) is 5.43 Å². The SMILES string of the molecule is CCOC(=O)c1cn(C2CC2)c2c(/C=C\CC3C[C@@H](O)CN3C(=O)C(F)(F)F)c(F)c(F)cc2c1=O. The van der Waals surface area contributed by atoms with Crippen LogP contribution in [0.5, 0.6) is 0 Å². The number of benzene rings is 1. The highest BCUT2D eigenvalue weighted by Crippen LogP contribution is 2.39. The second-order valence-corrected chi connectivity index (χ2v) is 8.85. The molecule has 2 atom stereocenters. The summed E-state index contributed by atoms with van der Waals surface area (Å²) in [5, 5.41) is 9.56. The van der Waals surface area contributed by atoms with Gasteiger partial charge in [-0.3, -0.25) is 9.59 Å². The number of pyridine rings is 1. The molecule has 2 fully saturated rings. The van der Waals surface area contributed by atoms with Crippen molar-refractivity contribution < 1.29 is 41.4 Å². The van der Waals surface area contributed by atoms with Crippen molar-refractivity contribution in [3.63, 3.8) is 0 Å². The largest absolute Gasteiger partial charge is 0.471 e. The quantitative estimate of drug-likeness (QED) is 0.469. The molecular formula is C24H23F5N2O5. The van der Waals surface area contributed by atoms with Gasteiger partial charge in [0.05, 0.1) is 23.6 Å². The Balaban J connectivity index is 1.75. The van der Waals surface area contributed by atoms with Crippen molar-refractivity contribution in [1.82, 2.24) is 9.47 Å². The van der Waals surface area contributed by atoms with Gasteiger partial charge in [0.25, 0.3) is 0 Å². The van der Waals surface area contributed by atoms with Crippen LogP contribution in [0.25, 0.3) is 17.0 Å². The molecule has 2 aliphatic rings. The van der Waals surface area contributed by atoms with Crippen LogP contribution in [0.4, 0.5) is 22.0 Å². The third-order valence-electron chi connectivity index (χ3n) is 6.27. The molecule has 1 aromatic carbocycles. The van der Waals surface area contributed by atoms with Gasteiger partial charge in [0, 0.05) is 30.4 Å². The van der Waals surface area contributed by atoms with E-state index in [1.807, 2.05) is 0 Å². The Morgan fingerprint density at radius 3 is 2.56 bits per heavy atom. The van der Waals surface area contributed by atoms with Gasteiger partial charge in [0.1, 0.15) is 5.56 Å². The van der Waals surface area contributed by atoms with Crippen LogP contribution in [-0.4, -0.2) is 57.9 Å². The lowest BCUT2D eigenvalue weighted by Gasteiger charge is -2.24. The molecule has 1 saturated carbocycles. The summed E-state index contributed by atoms with van der Waals surface area (Å²) in [7, 11) is 0. The Bertz CT molecular complexity index is 1300. The Kier molecular flexibility index (Phi) is 6.91. The van der Waals surface area contributed by atoms with Crippen LogP contribution in [0, 0.1) is 11.6 Å². The number of carbonyl (C=O) groups is 2. The van der Waals surface area contributed by atoms with E-state index in [1.54, 1.807) is 6.92 Å². The van der Waals surface area contributed by atoms with E-state index < -0.39 is 53.8 Å². The first-order chi connectivity index (χ1) is 16.9. The van der Waals surface area contributed by atoms with Crippen LogP contribution in [-0.2, 0) is 9.53 Å². The number of rotatable bonds is 6. The van der Waals surface area contributed by atoms with Gasteiger partial charge in [-0.2, -0.15) is 13.2 Å². The number of β-amino-alcohol motifs (C(OH)–C–C–N with tert-alkyl or cyclic N) is 1. The average molecular weight is 514 g/mol. The number of likely N-dealkylation sites (tertiary alicyclic amines) is 1. The van der Waals surface area contributed by atoms with Crippen molar-refractivity contribution in [1.29, 1.82) is 0 Å². The predicted octanol–water partition coefficient (Wildman–Crippen LogP) is 3.72. The first-order valence-electron chi connectivity index (χ1n) is 11.4. The molecule has 1 aliphatic heterocycles. The maximum atomic E-state index is 14.9. The number of hydrogen-bond acceptors (Lipinski definition) is 5. The van der Waals surface area contributed by atoms with Crippen molar-refractivity contribution in [2.75, 3.05) is 13.2 Å². The van der Waals surface area contributed by atoms with Gasteiger partial charge in [-0.05, 0) is 38.7 Å². The van der Waals surface area contributed by atoms with Gasteiger partial charge in [0.15, 0.2) is 11.6 Å². The Hall–Kier alpha value is -3.28. The normalized spacial score (nSPS) is 20.5. The molecule has 0 spiro atoms. The fourth-order valence-corrected chi connectivity index (χ4v) is 4.51. The maximum Gasteiger partial charge on any atom is 0.471 e. The fraction of sp³-hybridized carbons (Fsp3) is 0.458. The molecule has 2 aromatic rings. The van der Waals surface area contributed by atoms with E-state index >= 15 is 0 Å². The molecular weight excluding hydrogens is 491 g/mol. The van der Waals surface area contributed by atoms with E-state index in [-0.39, 0.29) is 47.5 Å². The van der Waals surface area contributed by atoms with Crippen molar-refractivity contribution in [3.8, 4) is 0 Å². The van der Waals surface area contributed by atoms with E-state index in [0.29, 0.717) is 23.8 Å². The third kappa shape index (κ3) is 4.86. The molecule has 12 heteroatoms.